The van der Waals surface area contributed by atoms with E-state index in [1.54, 1.807) is 6.07 Å². The first-order valence-corrected chi connectivity index (χ1v) is 10.3. The Hall–Kier alpha value is -2.24. The number of nitrogens with zero attached hydrogens (tertiary/aromatic N) is 2. The van der Waals surface area contributed by atoms with Gasteiger partial charge < -0.3 is 0 Å². The predicted molar refractivity (Wildman–Crippen MR) is 115 cm³/mol. The van der Waals surface area contributed by atoms with Crippen molar-refractivity contribution in [1.82, 2.24) is 9.80 Å². The summed E-state index contributed by atoms with van der Waals surface area (Å²) in [7, 11) is 0. The molecule has 0 spiro atoms. The number of aryl methyl sites for hydroxylation is 1. The highest BCUT2D eigenvalue weighted by Crippen LogP contribution is 2.25. The summed E-state index contributed by atoms with van der Waals surface area (Å²) in [5.41, 5.74) is 4.05. The van der Waals surface area contributed by atoms with E-state index in [2.05, 4.69) is 45.1 Å². The molecule has 1 fully saturated rings. The smallest absolute Gasteiger partial charge is 0.260 e. The minimum atomic E-state index is -0.257. The van der Waals surface area contributed by atoms with Gasteiger partial charge in [-0.15, -0.1) is 0 Å². The summed E-state index contributed by atoms with van der Waals surface area (Å²) < 4.78 is 0.945. The molecule has 0 aromatic heterocycles. The van der Waals surface area contributed by atoms with Crippen molar-refractivity contribution in [3.05, 3.63) is 81.3 Å². The lowest BCUT2D eigenvalue weighted by atomic mass is 10.0. The zero-order valence-corrected chi connectivity index (χ0v) is 17.7. The molecule has 28 heavy (non-hydrogen) atoms. The number of carbonyl (C=O) groups is 2. The summed E-state index contributed by atoms with van der Waals surface area (Å²) in [5.74, 6) is -0.257. The van der Waals surface area contributed by atoms with Crippen molar-refractivity contribution in [1.29, 1.82) is 0 Å². The normalized spacial score (nSPS) is 14.6. The Morgan fingerprint density at radius 3 is 2.36 bits per heavy atom. The fourth-order valence-corrected chi connectivity index (χ4v) is 4.15. The van der Waals surface area contributed by atoms with Crippen molar-refractivity contribution in [3.8, 4) is 0 Å². The van der Waals surface area contributed by atoms with Crippen LogP contribution in [0.5, 0.6) is 0 Å². The first-order chi connectivity index (χ1) is 13.6. The fraction of sp³-hybridized carbons (Fsp3) is 0.304. The number of piperidine rings is 1. The topological polar surface area (TPSA) is 40.6 Å². The molecule has 1 saturated heterocycles. The summed E-state index contributed by atoms with van der Waals surface area (Å²) in [6.07, 6.45) is 2.51. The second-order valence-corrected chi connectivity index (χ2v) is 8.08. The van der Waals surface area contributed by atoms with Crippen LogP contribution in [0.15, 0.2) is 64.7 Å². The van der Waals surface area contributed by atoms with Gasteiger partial charge in [-0.3, -0.25) is 19.4 Å². The van der Waals surface area contributed by atoms with Gasteiger partial charge in [0.1, 0.15) is 0 Å². The predicted octanol–water partition coefficient (Wildman–Crippen LogP) is 4.54. The lowest BCUT2D eigenvalue weighted by Crippen LogP contribution is -2.33. The molecule has 2 aromatic carbocycles. The number of carbonyl (C=O) groups excluding carboxylic acids is 2. The third kappa shape index (κ3) is 5.18. The van der Waals surface area contributed by atoms with Crippen molar-refractivity contribution in [2.75, 3.05) is 19.6 Å². The van der Waals surface area contributed by atoms with Gasteiger partial charge in [0, 0.05) is 29.7 Å². The third-order valence-electron chi connectivity index (χ3n) is 5.16. The summed E-state index contributed by atoms with van der Waals surface area (Å²) in [4.78, 5) is 28.0. The van der Waals surface area contributed by atoms with Crippen LogP contribution in [0.25, 0.3) is 0 Å². The summed E-state index contributed by atoms with van der Waals surface area (Å²) in [5, 5.41) is 0. The van der Waals surface area contributed by atoms with E-state index in [4.69, 9.17) is 0 Å². The average Bonchev–Trinajstić information content (AvgIpc) is 2.73. The number of likely N-dealkylation sites (tertiary alicyclic amines) is 1. The van der Waals surface area contributed by atoms with Gasteiger partial charge >= 0.3 is 0 Å². The Labute approximate surface area is 175 Å². The molecule has 1 heterocycles. The van der Waals surface area contributed by atoms with Crippen molar-refractivity contribution in [2.45, 2.75) is 26.3 Å². The highest BCUT2D eigenvalue weighted by atomic mass is 79.9. The molecule has 0 atom stereocenters. The zero-order valence-electron chi connectivity index (χ0n) is 16.1. The van der Waals surface area contributed by atoms with Gasteiger partial charge in [0.25, 0.3) is 5.91 Å². The monoisotopic (exact) mass is 440 g/mol. The van der Waals surface area contributed by atoms with Gasteiger partial charge in [0.2, 0.25) is 6.41 Å². The molecule has 0 unspecified atom stereocenters. The van der Waals surface area contributed by atoms with Crippen LogP contribution in [0.2, 0.25) is 0 Å². The molecule has 1 aliphatic rings. The summed E-state index contributed by atoms with van der Waals surface area (Å²) in [6, 6.07) is 17.8. The van der Waals surface area contributed by atoms with Crippen LogP contribution in [-0.4, -0.2) is 41.8 Å². The molecule has 5 heteroatoms. The van der Waals surface area contributed by atoms with E-state index in [1.807, 2.05) is 31.2 Å². The molecule has 0 radical (unpaired) electrons. The molecule has 146 valence electrons. The average molecular weight is 441 g/mol. The molecule has 0 bridgehead atoms. The molecule has 4 nitrogen and oxygen atoms in total. The van der Waals surface area contributed by atoms with Crippen LogP contribution < -0.4 is 0 Å². The maximum absolute atomic E-state index is 12.7. The number of halogens is 1. The molecule has 0 saturated carbocycles. The number of imide groups is 1. The maximum atomic E-state index is 12.7. The number of amides is 2. The van der Waals surface area contributed by atoms with Gasteiger partial charge in [-0.2, -0.15) is 0 Å². The van der Waals surface area contributed by atoms with Crippen LogP contribution >= 0.6 is 15.9 Å². The highest BCUT2D eigenvalue weighted by Gasteiger charge is 2.21. The molecule has 2 amide bonds. The van der Waals surface area contributed by atoms with Crippen LogP contribution in [0.1, 0.15) is 34.3 Å². The molecule has 2 aromatic rings. The van der Waals surface area contributed by atoms with E-state index in [-0.39, 0.29) is 12.5 Å². The standard InChI is InChI=1S/C23H25BrN2O2/c1-18-7-5-6-10-21(18)23(28)26(17-27)16-22(24)20-11-13-25(14-12-20)15-19-8-3-2-4-9-19/h2-10,17H,11-16H2,1H3. The van der Waals surface area contributed by atoms with Crippen molar-refractivity contribution >= 4 is 28.2 Å². The van der Waals surface area contributed by atoms with Gasteiger partial charge in [-0.1, -0.05) is 70.0 Å². The molecule has 0 N–H and O–H groups in total. The Balaban J connectivity index is 1.60. The van der Waals surface area contributed by atoms with E-state index in [9.17, 15) is 9.59 Å². The summed E-state index contributed by atoms with van der Waals surface area (Å²) in [6.45, 7) is 5.08. The van der Waals surface area contributed by atoms with Crippen molar-refractivity contribution in [2.24, 2.45) is 0 Å². The first kappa shape index (κ1) is 20.5. The van der Waals surface area contributed by atoms with Crippen molar-refractivity contribution < 1.29 is 9.59 Å². The van der Waals surface area contributed by atoms with Crippen molar-refractivity contribution in [3.63, 3.8) is 0 Å². The van der Waals surface area contributed by atoms with Gasteiger partial charge in [-0.25, -0.2) is 0 Å². The second kappa shape index (κ2) is 9.80. The molecular formula is C23H25BrN2O2. The Morgan fingerprint density at radius 2 is 1.71 bits per heavy atom. The van der Waals surface area contributed by atoms with E-state index in [0.717, 1.165) is 42.5 Å². The van der Waals surface area contributed by atoms with E-state index < -0.39 is 0 Å². The van der Waals surface area contributed by atoms with E-state index >= 15 is 0 Å². The minimum absolute atomic E-state index is 0.257. The third-order valence-corrected chi connectivity index (χ3v) is 5.98. The summed E-state index contributed by atoms with van der Waals surface area (Å²) >= 11 is 3.64. The molecule has 0 aliphatic carbocycles. The van der Waals surface area contributed by atoms with Crippen LogP contribution in [-0.2, 0) is 11.3 Å². The largest absolute Gasteiger partial charge is 0.298 e. The number of hydrogen-bond acceptors (Lipinski definition) is 3. The van der Waals surface area contributed by atoms with Gasteiger partial charge in [-0.05, 0) is 37.0 Å². The molecule has 3 rings (SSSR count). The zero-order chi connectivity index (χ0) is 19.9. The van der Waals surface area contributed by atoms with E-state index in [1.165, 1.54) is 16.0 Å². The van der Waals surface area contributed by atoms with Crippen LogP contribution in [0.4, 0.5) is 0 Å². The highest BCUT2D eigenvalue weighted by molar-refractivity contribution is 9.11. The lowest BCUT2D eigenvalue weighted by Gasteiger charge is -2.29. The fourth-order valence-electron chi connectivity index (χ4n) is 3.48. The molecular weight excluding hydrogens is 416 g/mol. The Bertz CT molecular complexity index is 854. The van der Waals surface area contributed by atoms with Gasteiger partial charge in [0.15, 0.2) is 0 Å². The minimum Gasteiger partial charge on any atom is -0.298 e. The Morgan fingerprint density at radius 1 is 1.07 bits per heavy atom. The van der Waals surface area contributed by atoms with E-state index in [0.29, 0.717) is 12.0 Å². The van der Waals surface area contributed by atoms with Crippen LogP contribution in [0, 0.1) is 6.92 Å². The second-order valence-electron chi connectivity index (χ2n) is 7.12. The number of hydrogen-bond donors (Lipinski definition) is 0. The first-order valence-electron chi connectivity index (χ1n) is 9.53. The number of rotatable bonds is 6. The SMILES string of the molecule is Cc1ccccc1C(=O)N(C=O)CC(Br)=C1CCN(Cc2ccccc2)CC1. The van der Waals surface area contributed by atoms with Gasteiger partial charge in [0.05, 0.1) is 6.54 Å². The molecule has 1 aliphatic heterocycles. The van der Waals surface area contributed by atoms with Crippen LogP contribution in [0.3, 0.4) is 0 Å². The lowest BCUT2D eigenvalue weighted by molar-refractivity contribution is -0.115. The maximum Gasteiger partial charge on any atom is 0.260 e. The Kier molecular flexibility index (Phi) is 7.18. The quantitative estimate of drug-likeness (QED) is 0.619. The number of benzene rings is 2.